The molecule has 1 aliphatic rings. The Hall–Kier alpha value is -0.950. The number of hydrogen-bond acceptors (Lipinski definition) is 5. The predicted molar refractivity (Wildman–Crippen MR) is 77.6 cm³/mol. The maximum atomic E-state index is 5.82. The molecule has 2 N–H and O–H groups in total. The van der Waals surface area contributed by atoms with Gasteiger partial charge in [0.2, 0.25) is 0 Å². The molecular formula is C14H26N4O2. The minimum atomic E-state index is 0.0545. The summed E-state index contributed by atoms with van der Waals surface area (Å²) in [7, 11) is 1.71. The van der Waals surface area contributed by atoms with E-state index in [4.69, 9.17) is 9.47 Å². The molecule has 6 heteroatoms. The van der Waals surface area contributed by atoms with Crippen LogP contribution in [-0.2, 0) is 16.0 Å². The molecule has 0 aromatic carbocycles. The SMILES string of the molecule is COCCNCc1cnc(C2CN(C(C)C)CCO2)[nH]1. The number of rotatable bonds is 7. The van der Waals surface area contributed by atoms with E-state index in [1.54, 1.807) is 7.11 Å². The van der Waals surface area contributed by atoms with Crippen LogP contribution >= 0.6 is 0 Å². The van der Waals surface area contributed by atoms with Crippen LogP contribution in [0.3, 0.4) is 0 Å². The number of ether oxygens (including phenoxy) is 2. The van der Waals surface area contributed by atoms with Crippen LogP contribution in [0.15, 0.2) is 6.20 Å². The lowest BCUT2D eigenvalue weighted by molar-refractivity contribution is -0.0439. The Labute approximate surface area is 120 Å². The van der Waals surface area contributed by atoms with Crippen molar-refractivity contribution in [2.24, 2.45) is 0 Å². The summed E-state index contributed by atoms with van der Waals surface area (Å²) in [6.07, 6.45) is 1.94. The lowest BCUT2D eigenvalue weighted by atomic mass is 10.2. The molecule has 6 nitrogen and oxygen atoms in total. The number of nitrogens with one attached hydrogen (secondary N) is 2. The van der Waals surface area contributed by atoms with Crippen molar-refractivity contribution in [1.29, 1.82) is 0 Å². The molecule has 1 saturated heterocycles. The standard InChI is InChI=1S/C14H26N4O2/c1-11(2)18-5-7-20-13(10-18)14-16-9-12(17-14)8-15-4-6-19-3/h9,11,13,15H,4-8,10H2,1-3H3,(H,16,17). The molecule has 0 aliphatic carbocycles. The average Bonchev–Trinajstić information content (AvgIpc) is 2.92. The molecule has 1 aromatic heterocycles. The van der Waals surface area contributed by atoms with Crippen LogP contribution in [0.25, 0.3) is 0 Å². The maximum Gasteiger partial charge on any atom is 0.136 e. The lowest BCUT2D eigenvalue weighted by Gasteiger charge is -2.34. The Bertz CT molecular complexity index is 394. The summed E-state index contributed by atoms with van der Waals surface area (Å²) in [6.45, 7) is 9.44. The van der Waals surface area contributed by atoms with E-state index in [0.717, 1.165) is 50.9 Å². The molecular weight excluding hydrogens is 256 g/mol. The monoisotopic (exact) mass is 282 g/mol. The molecule has 2 rings (SSSR count). The first-order valence-electron chi connectivity index (χ1n) is 7.29. The summed E-state index contributed by atoms with van der Waals surface area (Å²) in [4.78, 5) is 10.2. The Kier molecular flexibility index (Phi) is 5.97. The van der Waals surface area contributed by atoms with Crippen molar-refractivity contribution >= 4 is 0 Å². The van der Waals surface area contributed by atoms with Gasteiger partial charge in [-0.15, -0.1) is 0 Å². The van der Waals surface area contributed by atoms with E-state index in [1.165, 1.54) is 0 Å². The van der Waals surface area contributed by atoms with Gasteiger partial charge in [0.1, 0.15) is 11.9 Å². The van der Waals surface area contributed by atoms with Gasteiger partial charge in [-0.3, -0.25) is 4.90 Å². The Morgan fingerprint density at radius 1 is 1.60 bits per heavy atom. The Morgan fingerprint density at radius 3 is 3.20 bits per heavy atom. The molecule has 2 heterocycles. The van der Waals surface area contributed by atoms with Crippen LogP contribution in [0.4, 0.5) is 0 Å². The van der Waals surface area contributed by atoms with Crippen molar-refractivity contribution in [2.45, 2.75) is 32.5 Å². The molecule has 0 bridgehead atoms. The van der Waals surface area contributed by atoms with Crippen molar-refractivity contribution in [3.8, 4) is 0 Å². The fraction of sp³-hybridized carbons (Fsp3) is 0.786. The molecule has 1 aliphatic heterocycles. The first-order chi connectivity index (χ1) is 9.70. The Balaban J connectivity index is 1.84. The zero-order valence-corrected chi connectivity index (χ0v) is 12.7. The highest BCUT2D eigenvalue weighted by molar-refractivity contribution is 5.04. The fourth-order valence-corrected chi connectivity index (χ4v) is 2.33. The summed E-state index contributed by atoms with van der Waals surface area (Å²) in [5.41, 5.74) is 1.08. The Morgan fingerprint density at radius 2 is 2.45 bits per heavy atom. The highest BCUT2D eigenvalue weighted by Gasteiger charge is 2.25. The van der Waals surface area contributed by atoms with Crippen LogP contribution in [0.2, 0.25) is 0 Å². The van der Waals surface area contributed by atoms with E-state index in [0.29, 0.717) is 6.04 Å². The predicted octanol–water partition coefficient (Wildman–Crippen LogP) is 0.927. The van der Waals surface area contributed by atoms with Crippen molar-refractivity contribution in [2.75, 3.05) is 40.0 Å². The molecule has 1 aromatic rings. The van der Waals surface area contributed by atoms with E-state index in [1.807, 2.05) is 6.20 Å². The maximum absolute atomic E-state index is 5.82. The van der Waals surface area contributed by atoms with Gasteiger partial charge in [-0.25, -0.2) is 4.98 Å². The second-order valence-electron chi connectivity index (χ2n) is 5.41. The molecule has 1 unspecified atom stereocenters. The number of hydrogen-bond donors (Lipinski definition) is 2. The first-order valence-corrected chi connectivity index (χ1v) is 7.29. The highest BCUT2D eigenvalue weighted by atomic mass is 16.5. The summed E-state index contributed by atoms with van der Waals surface area (Å²) >= 11 is 0. The van der Waals surface area contributed by atoms with Crippen LogP contribution in [0.5, 0.6) is 0 Å². The minimum absolute atomic E-state index is 0.0545. The largest absolute Gasteiger partial charge is 0.383 e. The second-order valence-corrected chi connectivity index (χ2v) is 5.41. The zero-order chi connectivity index (χ0) is 14.4. The van der Waals surface area contributed by atoms with E-state index < -0.39 is 0 Å². The third-order valence-corrected chi connectivity index (χ3v) is 3.58. The average molecular weight is 282 g/mol. The number of morpholine rings is 1. The number of methoxy groups -OCH3 is 1. The molecule has 1 atom stereocenters. The molecule has 114 valence electrons. The summed E-state index contributed by atoms with van der Waals surface area (Å²) in [5, 5.41) is 3.30. The number of nitrogens with zero attached hydrogens (tertiary/aromatic N) is 2. The van der Waals surface area contributed by atoms with E-state index in [2.05, 4.69) is 34.0 Å². The molecule has 1 fully saturated rings. The van der Waals surface area contributed by atoms with Gasteiger partial charge in [0.15, 0.2) is 0 Å². The van der Waals surface area contributed by atoms with Gasteiger partial charge in [-0.05, 0) is 13.8 Å². The van der Waals surface area contributed by atoms with Gasteiger partial charge in [-0.1, -0.05) is 0 Å². The second kappa shape index (κ2) is 7.73. The normalized spacial score (nSPS) is 20.7. The topological polar surface area (TPSA) is 62.4 Å². The van der Waals surface area contributed by atoms with Crippen LogP contribution < -0.4 is 5.32 Å². The van der Waals surface area contributed by atoms with Crippen molar-refractivity contribution < 1.29 is 9.47 Å². The zero-order valence-electron chi connectivity index (χ0n) is 12.7. The van der Waals surface area contributed by atoms with E-state index >= 15 is 0 Å². The van der Waals surface area contributed by atoms with Crippen LogP contribution in [0.1, 0.15) is 31.5 Å². The lowest BCUT2D eigenvalue weighted by Crippen LogP contribution is -2.42. The van der Waals surface area contributed by atoms with Crippen LogP contribution in [-0.4, -0.2) is 60.9 Å². The number of aromatic amines is 1. The van der Waals surface area contributed by atoms with Gasteiger partial charge in [0.05, 0.1) is 13.2 Å². The molecule has 0 amide bonds. The number of H-pyrrole nitrogens is 1. The van der Waals surface area contributed by atoms with Crippen molar-refractivity contribution in [1.82, 2.24) is 20.2 Å². The van der Waals surface area contributed by atoms with Crippen molar-refractivity contribution in [3.63, 3.8) is 0 Å². The fourth-order valence-electron chi connectivity index (χ4n) is 2.33. The number of aromatic nitrogens is 2. The van der Waals surface area contributed by atoms with Gasteiger partial charge >= 0.3 is 0 Å². The molecule has 0 saturated carbocycles. The molecule has 0 radical (unpaired) electrons. The summed E-state index contributed by atoms with van der Waals surface area (Å²) in [5.74, 6) is 0.930. The highest BCUT2D eigenvalue weighted by Crippen LogP contribution is 2.20. The van der Waals surface area contributed by atoms with E-state index in [-0.39, 0.29) is 6.10 Å². The third kappa shape index (κ3) is 4.28. The summed E-state index contributed by atoms with van der Waals surface area (Å²) < 4.78 is 10.8. The van der Waals surface area contributed by atoms with Crippen LogP contribution in [0, 0.1) is 0 Å². The third-order valence-electron chi connectivity index (χ3n) is 3.58. The molecule has 20 heavy (non-hydrogen) atoms. The smallest absolute Gasteiger partial charge is 0.136 e. The van der Waals surface area contributed by atoms with Gasteiger partial charge in [-0.2, -0.15) is 0 Å². The van der Waals surface area contributed by atoms with Gasteiger partial charge in [0.25, 0.3) is 0 Å². The summed E-state index contributed by atoms with van der Waals surface area (Å²) in [6, 6.07) is 0.548. The quantitative estimate of drug-likeness (QED) is 0.728. The van der Waals surface area contributed by atoms with Crippen molar-refractivity contribution in [3.05, 3.63) is 17.7 Å². The van der Waals surface area contributed by atoms with Gasteiger partial charge in [0, 0.05) is 51.2 Å². The minimum Gasteiger partial charge on any atom is -0.383 e. The van der Waals surface area contributed by atoms with E-state index in [9.17, 15) is 0 Å². The molecule has 0 spiro atoms. The number of imidazole rings is 1. The first kappa shape index (κ1) is 15.4. The van der Waals surface area contributed by atoms with Gasteiger partial charge < -0.3 is 19.8 Å².